The van der Waals surface area contributed by atoms with E-state index >= 15 is 0 Å². The van der Waals surface area contributed by atoms with Crippen molar-refractivity contribution in [3.05, 3.63) is 70.5 Å². The summed E-state index contributed by atoms with van der Waals surface area (Å²) in [6, 6.07) is 14.9. The van der Waals surface area contributed by atoms with Gasteiger partial charge in [0.15, 0.2) is 0 Å². The molecule has 0 aromatic heterocycles. The van der Waals surface area contributed by atoms with Gasteiger partial charge in [0.2, 0.25) is 5.91 Å². The van der Waals surface area contributed by atoms with Gasteiger partial charge in [-0.3, -0.25) is 9.69 Å². The summed E-state index contributed by atoms with van der Waals surface area (Å²) in [6.07, 6.45) is 1.86. The van der Waals surface area contributed by atoms with Crippen molar-refractivity contribution in [2.45, 2.75) is 24.8 Å². The summed E-state index contributed by atoms with van der Waals surface area (Å²) in [6.45, 7) is 3.32. The van der Waals surface area contributed by atoms with Crippen LogP contribution in [0, 0.1) is 5.82 Å². The van der Waals surface area contributed by atoms with Crippen molar-refractivity contribution >= 4 is 17.5 Å². The smallest absolute Gasteiger partial charge is 0.233 e. The SMILES string of the molecule is O=C(N1CCN(Cc2c(F)cccc2Cl)CC1)C1(c2ccccc2)CC1. The van der Waals surface area contributed by atoms with Gasteiger partial charge < -0.3 is 4.90 Å². The third-order valence-corrected chi connectivity index (χ3v) is 5.94. The minimum absolute atomic E-state index is 0.243. The van der Waals surface area contributed by atoms with Crippen LogP contribution in [0.5, 0.6) is 0 Å². The number of hydrogen-bond donors (Lipinski definition) is 0. The van der Waals surface area contributed by atoms with Gasteiger partial charge in [-0.25, -0.2) is 4.39 Å². The Balaban J connectivity index is 1.39. The van der Waals surface area contributed by atoms with Crippen LogP contribution in [-0.2, 0) is 16.8 Å². The summed E-state index contributed by atoms with van der Waals surface area (Å²) in [5.74, 6) is -0.0238. The maximum absolute atomic E-state index is 14.0. The summed E-state index contributed by atoms with van der Waals surface area (Å²) >= 11 is 6.13. The number of nitrogens with zero attached hydrogens (tertiary/aromatic N) is 2. The fourth-order valence-corrected chi connectivity index (χ4v) is 4.05. The minimum atomic E-state index is -0.307. The lowest BCUT2D eigenvalue weighted by molar-refractivity contribution is -0.135. The second-order valence-corrected chi connectivity index (χ2v) is 7.62. The molecule has 1 aliphatic heterocycles. The monoisotopic (exact) mass is 372 g/mol. The quantitative estimate of drug-likeness (QED) is 0.813. The highest BCUT2D eigenvalue weighted by molar-refractivity contribution is 6.31. The van der Waals surface area contributed by atoms with Crippen LogP contribution >= 0.6 is 11.6 Å². The van der Waals surface area contributed by atoms with Crippen molar-refractivity contribution in [3.63, 3.8) is 0 Å². The van der Waals surface area contributed by atoms with Crippen LogP contribution in [0.25, 0.3) is 0 Å². The Morgan fingerprint density at radius 3 is 2.31 bits per heavy atom. The average molecular weight is 373 g/mol. The van der Waals surface area contributed by atoms with Gasteiger partial charge in [0.1, 0.15) is 5.82 Å². The molecule has 26 heavy (non-hydrogen) atoms. The summed E-state index contributed by atoms with van der Waals surface area (Å²) in [5.41, 5.74) is 1.36. The molecule has 0 atom stereocenters. The summed E-state index contributed by atoms with van der Waals surface area (Å²) in [5, 5.41) is 0.463. The van der Waals surface area contributed by atoms with Crippen molar-refractivity contribution in [3.8, 4) is 0 Å². The van der Waals surface area contributed by atoms with E-state index < -0.39 is 0 Å². The van der Waals surface area contributed by atoms with Crippen molar-refractivity contribution in [1.29, 1.82) is 0 Å². The zero-order valence-electron chi connectivity index (χ0n) is 14.6. The van der Waals surface area contributed by atoms with E-state index in [0.29, 0.717) is 30.2 Å². The molecule has 1 saturated carbocycles. The number of carbonyl (C=O) groups excluding carboxylic acids is 1. The molecule has 0 bridgehead atoms. The van der Waals surface area contributed by atoms with E-state index in [2.05, 4.69) is 17.0 Å². The number of piperazine rings is 1. The standard InChI is InChI=1S/C21H22ClFN2O/c22-18-7-4-8-19(23)17(18)15-24-11-13-25(14-12-24)20(26)21(9-10-21)16-5-2-1-3-6-16/h1-8H,9-15H2. The minimum Gasteiger partial charge on any atom is -0.339 e. The van der Waals surface area contributed by atoms with Crippen LogP contribution < -0.4 is 0 Å². The maximum Gasteiger partial charge on any atom is 0.233 e. The fraction of sp³-hybridized carbons (Fsp3) is 0.381. The number of benzene rings is 2. The Hall–Kier alpha value is -1.91. The highest BCUT2D eigenvalue weighted by Crippen LogP contribution is 2.49. The molecule has 0 N–H and O–H groups in total. The van der Waals surface area contributed by atoms with Gasteiger partial charge in [0, 0.05) is 43.3 Å². The molecule has 4 rings (SSSR count). The Morgan fingerprint density at radius 2 is 1.69 bits per heavy atom. The van der Waals surface area contributed by atoms with E-state index in [1.165, 1.54) is 6.07 Å². The number of carbonyl (C=O) groups is 1. The highest BCUT2D eigenvalue weighted by Gasteiger charge is 2.53. The van der Waals surface area contributed by atoms with E-state index in [1.807, 2.05) is 23.1 Å². The maximum atomic E-state index is 14.0. The van der Waals surface area contributed by atoms with E-state index in [9.17, 15) is 9.18 Å². The molecular weight excluding hydrogens is 351 g/mol. The first-order chi connectivity index (χ1) is 12.6. The lowest BCUT2D eigenvalue weighted by Gasteiger charge is -2.37. The Kier molecular flexibility index (Phi) is 4.72. The Morgan fingerprint density at radius 1 is 1.00 bits per heavy atom. The van der Waals surface area contributed by atoms with Gasteiger partial charge in [-0.15, -0.1) is 0 Å². The van der Waals surface area contributed by atoms with Crippen molar-refractivity contribution in [2.24, 2.45) is 0 Å². The molecule has 1 saturated heterocycles. The van der Waals surface area contributed by atoms with Gasteiger partial charge in [-0.2, -0.15) is 0 Å². The largest absolute Gasteiger partial charge is 0.339 e. The second-order valence-electron chi connectivity index (χ2n) is 7.22. The van der Waals surface area contributed by atoms with Crippen molar-refractivity contribution in [2.75, 3.05) is 26.2 Å². The molecule has 2 fully saturated rings. The summed E-state index contributed by atoms with van der Waals surface area (Å²) < 4.78 is 14.0. The van der Waals surface area contributed by atoms with Crippen molar-refractivity contribution < 1.29 is 9.18 Å². The van der Waals surface area contributed by atoms with Crippen LogP contribution in [0.2, 0.25) is 5.02 Å². The molecule has 5 heteroatoms. The number of amides is 1. The first kappa shape index (κ1) is 17.5. The average Bonchev–Trinajstić information content (AvgIpc) is 3.48. The van der Waals surface area contributed by atoms with E-state index in [-0.39, 0.29) is 17.1 Å². The van der Waals surface area contributed by atoms with Crippen LogP contribution in [0.15, 0.2) is 48.5 Å². The van der Waals surface area contributed by atoms with E-state index in [4.69, 9.17) is 11.6 Å². The highest BCUT2D eigenvalue weighted by atomic mass is 35.5. The molecule has 136 valence electrons. The molecule has 2 aromatic carbocycles. The molecule has 3 nitrogen and oxygen atoms in total. The fourth-order valence-electron chi connectivity index (χ4n) is 3.83. The van der Waals surface area contributed by atoms with Crippen molar-refractivity contribution in [1.82, 2.24) is 9.80 Å². The first-order valence-electron chi connectivity index (χ1n) is 9.10. The van der Waals surface area contributed by atoms with Gasteiger partial charge in [0.25, 0.3) is 0 Å². The third-order valence-electron chi connectivity index (χ3n) is 5.59. The lowest BCUT2D eigenvalue weighted by Crippen LogP contribution is -2.51. The predicted molar refractivity (Wildman–Crippen MR) is 101 cm³/mol. The third kappa shape index (κ3) is 3.24. The van der Waals surface area contributed by atoms with Gasteiger partial charge in [-0.05, 0) is 30.5 Å². The molecule has 0 radical (unpaired) electrons. The van der Waals surface area contributed by atoms with E-state index in [0.717, 1.165) is 31.5 Å². The molecular formula is C21H22ClFN2O. The van der Waals surface area contributed by atoms with E-state index in [1.54, 1.807) is 12.1 Å². The molecule has 1 amide bonds. The second kappa shape index (κ2) is 7.01. The Labute approximate surface area is 158 Å². The van der Waals surface area contributed by atoms with Crippen LogP contribution in [0.1, 0.15) is 24.0 Å². The molecule has 2 aliphatic rings. The lowest BCUT2D eigenvalue weighted by atomic mass is 9.94. The molecule has 1 heterocycles. The molecule has 2 aromatic rings. The van der Waals surface area contributed by atoms with Crippen LogP contribution in [-0.4, -0.2) is 41.9 Å². The zero-order chi connectivity index (χ0) is 18.1. The predicted octanol–water partition coefficient (Wildman–Crippen LogP) is 3.86. The normalized spacial score (nSPS) is 19.4. The number of halogens is 2. The van der Waals surface area contributed by atoms with Gasteiger partial charge in [0.05, 0.1) is 5.41 Å². The number of rotatable bonds is 4. The number of hydrogen-bond acceptors (Lipinski definition) is 2. The Bertz CT molecular complexity index is 779. The molecule has 1 aliphatic carbocycles. The topological polar surface area (TPSA) is 23.6 Å². The molecule has 0 spiro atoms. The molecule has 0 unspecified atom stereocenters. The van der Waals surface area contributed by atoms with Crippen LogP contribution in [0.4, 0.5) is 4.39 Å². The van der Waals surface area contributed by atoms with Crippen LogP contribution in [0.3, 0.4) is 0 Å². The first-order valence-corrected chi connectivity index (χ1v) is 9.48. The zero-order valence-corrected chi connectivity index (χ0v) is 15.4. The van der Waals surface area contributed by atoms with Gasteiger partial charge >= 0.3 is 0 Å². The summed E-state index contributed by atoms with van der Waals surface area (Å²) in [7, 11) is 0. The van der Waals surface area contributed by atoms with Gasteiger partial charge in [-0.1, -0.05) is 48.0 Å². The summed E-state index contributed by atoms with van der Waals surface area (Å²) in [4.78, 5) is 17.2.